The highest BCUT2D eigenvalue weighted by Gasteiger charge is 2.18. The zero-order valence-electron chi connectivity index (χ0n) is 19.4. The third kappa shape index (κ3) is 5.10. The summed E-state index contributed by atoms with van der Waals surface area (Å²) in [6.07, 6.45) is 4.86. The molecule has 0 spiro atoms. The first-order valence-corrected chi connectivity index (χ1v) is 11.6. The number of carbonyl (C=O) groups is 1. The van der Waals surface area contributed by atoms with E-state index < -0.39 is 0 Å². The number of benzene rings is 2. The van der Waals surface area contributed by atoms with Gasteiger partial charge in [-0.1, -0.05) is 18.1 Å². The summed E-state index contributed by atoms with van der Waals surface area (Å²) in [5.41, 5.74) is 4.37. The van der Waals surface area contributed by atoms with Gasteiger partial charge in [-0.2, -0.15) is 0 Å². The molecule has 168 valence electrons. The van der Waals surface area contributed by atoms with Crippen LogP contribution in [0.2, 0.25) is 0 Å². The van der Waals surface area contributed by atoms with Gasteiger partial charge in [-0.25, -0.2) is 4.98 Å². The second-order valence-corrected chi connectivity index (χ2v) is 8.79. The molecule has 3 aromatic rings. The van der Waals surface area contributed by atoms with E-state index in [1.165, 1.54) is 25.8 Å². The van der Waals surface area contributed by atoms with Crippen LogP contribution in [0, 0.1) is 6.92 Å². The quantitative estimate of drug-likeness (QED) is 0.522. The molecule has 1 N–H and O–H groups in total. The molecule has 2 heterocycles. The molecule has 2 aromatic carbocycles. The van der Waals surface area contributed by atoms with Gasteiger partial charge in [0.15, 0.2) is 0 Å². The van der Waals surface area contributed by atoms with Crippen molar-refractivity contribution in [1.29, 1.82) is 0 Å². The van der Waals surface area contributed by atoms with Crippen LogP contribution in [0.3, 0.4) is 0 Å². The van der Waals surface area contributed by atoms with Crippen molar-refractivity contribution in [3.8, 4) is 17.0 Å². The zero-order valence-corrected chi connectivity index (χ0v) is 19.4. The molecule has 1 atom stereocenters. The molecule has 1 unspecified atom stereocenters. The highest BCUT2D eigenvalue weighted by molar-refractivity contribution is 6.07. The average Bonchev–Trinajstić information content (AvgIpc) is 2.82. The molecule has 1 aliphatic heterocycles. The third-order valence-electron chi connectivity index (χ3n) is 6.44. The molecule has 0 saturated carbocycles. The van der Waals surface area contributed by atoms with E-state index in [1.807, 2.05) is 55.5 Å². The number of hydrogen-bond acceptors (Lipinski definition) is 4. The van der Waals surface area contributed by atoms with Gasteiger partial charge in [0.05, 0.1) is 23.9 Å². The van der Waals surface area contributed by atoms with Gasteiger partial charge in [-0.3, -0.25) is 4.79 Å². The highest BCUT2D eigenvalue weighted by Crippen LogP contribution is 2.27. The summed E-state index contributed by atoms with van der Waals surface area (Å²) in [4.78, 5) is 20.6. The zero-order chi connectivity index (χ0) is 22.5. The van der Waals surface area contributed by atoms with E-state index in [1.54, 1.807) is 7.11 Å². The van der Waals surface area contributed by atoms with E-state index in [0.717, 1.165) is 46.4 Å². The molecular weight excluding hydrogens is 398 g/mol. The molecule has 5 nitrogen and oxygen atoms in total. The summed E-state index contributed by atoms with van der Waals surface area (Å²) < 4.78 is 5.27. The first kappa shape index (κ1) is 22.3. The number of aromatic nitrogens is 1. The lowest BCUT2D eigenvalue weighted by molar-refractivity contribution is 0.0950. The summed E-state index contributed by atoms with van der Waals surface area (Å²) in [6, 6.07) is 16.4. The average molecular weight is 432 g/mol. The number of aryl methyl sites for hydroxylation is 1. The van der Waals surface area contributed by atoms with Crippen LogP contribution in [0.25, 0.3) is 22.2 Å². The van der Waals surface area contributed by atoms with Crippen molar-refractivity contribution >= 4 is 16.8 Å². The molecule has 1 aromatic heterocycles. The molecule has 1 aliphatic rings. The topological polar surface area (TPSA) is 54.5 Å². The van der Waals surface area contributed by atoms with Crippen molar-refractivity contribution in [2.75, 3.05) is 26.7 Å². The molecule has 0 radical (unpaired) electrons. The Morgan fingerprint density at radius 2 is 1.97 bits per heavy atom. The number of nitrogens with one attached hydrogen (secondary N) is 1. The second kappa shape index (κ2) is 10.1. The molecule has 5 heteroatoms. The predicted octanol–water partition coefficient (Wildman–Crippen LogP) is 5.21. The lowest BCUT2D eigenvalue weighted by atomic mass is 10.0. The van der Waals surface area contributed by atoms with Crippen LogP contribution in [0.5, 0.6) is 5.75 Å². The molecule has 32 heavy (non-hydrogen) atoms. The number of carbonyl (C=O) groups excluding carboxylic acids is 1. The Hall–Kier alpha value is -2.92. The maximum absolute atomic E-state index is 13.2. The molecule has 1 fully saturated rings. The number of methoxy groups -OCH3 is 1. The van der Waals surface area contributed by atoms with Crippen LogP contribution in [0.15, 0.2) is 48.5 Å². The highest BCUT2D eigenvalue weighted by atomic mass is 16.5. The SMILES string of the molecule is COc1ccc(-c2cc(C(=O)NCCCN3CCCCC3C)c3cc(C)ccc3n2)cc1. The van der Waals surface area contributed by atoms with Crippen molar-refractivity contribution in [2.24, 2.45) is 0 Å². The van der Waals surface area contributed by atoms with Gasteiger partial charge in [-0.05, 0) is 82.1 Å². The minimum absolute atomic E-state index is 0.0375. The normalized spacial score (nSPS) is 16.8. The van der Waals surface area contributed by atoms with E-state index >= 15 is 0 Å². The van der Waals surface area contributed by atoms with Gasteiger partial charge < -0.3 is 15.0 Å². The maximum atomic E-state index is 13.2. The molecule has 1 saturated heterocycles. The van der Waals surface area contributed by atoms with E-state index in [9.17, 15) is 4.79 Å². The fourth-order valence-electron chi connectivity index (χ4n) is 4.51. The van der Waals surface area contributed by atoms with Gasteiger partial charge in [0.1, 0.15) is 5.75 Å². The van der Waals surface area contributed by atoms with Gasteiger partial charge in [0, 0.05) is 30.1 Å². The smallest absolute Gasteiger partial charge is 0.252 e. The monoisotopic (exact) mass is 431 g/mol. The predicted molar refractivity (Wildman–Crippen MR) is 130 cm³/mol. The fraction of sp³-hybridized carbons (Fsp3) is 0.407. The first-order chi connectivity index (χ1) is 15.5. The van der Waals surface area contributed by atoms with Gasteiger partial charge in [0.25, 0.3) is 5.91 Å². The van der Waals surface area contributed by atoms with Crippen LogP contribution in [0.4, 0.5) is 0 Å². The molecular formula is C27H33N3O2. The first-order valence-electron chi connectivity index (χ1n) is 11.6. The van der Waals surface area contributed by atoms with Crippen LogP contribution < -0.4 is 10.1 Å². The number of nitrogens with zero attached hydrogens (tertiary/aromatic N) is 2. The number of piperidine rings is 1. The summed E-state index contributed by atoms with van der Waals surface area (Å²) in [7, 11) is 1.65. The third-order valence-corrected chi connectivity index (χ3v) is 6.44. The van der Waals surface area contributed by atoms with Crippen molar-refractivity contribution in [3.63, 3.8) is 0 Å². The van der Waals surface area contributed by atoms with Crippen LogP contribution in [0.1, 0.15) is 48.5 Å². The van der Waals surface area contributed by atoms with Crippen LogP contribution >= 0.6 is 0 Å². The van der Waals surface area contributed by atoms with Crippen molar-refractivity contribution in [1.82, 2.24) is 15.2 Å². The lowest BCUT2D eigenvalue weighted by Crippen LogP contribution is -2.39. The number of fused-ring (bicyclic) bond motifs is 1. The van der Waals surface area contributed by atoms with Crippen molar-refractivity contribution in [3.05, 3.63) is 59.7 Å². The van der Waals surface area contributed by atoms with Crippen molar-refractivity contribution in [2.45, 2.75) is 45.6 Å². The maximum Gasteiger partial charge on any atom is 0.252 e. The summed E-state index contributed by atoms with van der Waals surface area (Å²) in [5, 5.41) is 4.04. The number of pyridine rings is 1. The summed E-state index contributed by atoms with van der Waals surface area (Å²) in [5.74, 6) is 0.760. The summed E-state index contributed by atoms with van der Waals surface area (Å²) >= 11 is 0. The molecule has 0 aliphatic carbocycles. The summed E-state index contributed by atoms with van der Waals surface area (Å²) in [6.45, 7) is 7.24. The number of amides is 1. The van der Waals surface area contributed by atoms with Crippen molar-refractivity contribution < 1.29 is 9.53 Å². The molecule has 1 amide bonds. The second-order valence-electron chi connectivity index (χ2n) is 8.79. The van der Waals surface area contributed by atoms with Crippen LogP contribution in [-0.4, -0.2) is 48.6 Å². The Morgan fingerprint density at radius 3 is 2.72 bits per heavy atom. The van der Waals surface area contributed by atoms with E-state index in [4.69, 9.17) is 9.72 Å². The Labute approximate surface area is 190 Å². The fourth-order valence-corrected chi connectivity index (χ4v) is 4.51. The van der Waals surface area contributed by atoms with Gasteiger partial charge in [-0.15, -0.1) is 0 Å². The van der Waals surface area contributed by atoms with Gasteiger partial charge >= 0.3 is 0 Å². The Kier molecular flexibility index (Phi) is 7.05. The number of likely N-dealkylation sites (tertiary alicyclic amines) is 1. The van der Waals surface area contributed by atoms with Crippen LogP contribution in [-0.2, 0) is 0 Å². The minimum Gasteiger partial charge on any atom is -0.497 e. The minimum atomic E-state index is -0.0375. The standard InChI is InChI=1S/C27H33N3O2/c1-19-8-13-25-23(17-19)24(18-26(29-25)21-9-11-22(32-3)12-10-21)27(31)28-14-6-16-30-15-5-4-7-20(30)2/h8-13,17-18,20H,4-7,14-16H2,1-3H3,(H,28,31). The van der Waals surface area contributed by atoms with E-state index in [2.05, 4.69) is 17.1 Å². The number of hydrogen-bond donors (Lipinski definition) is 1. The Balaban J connectivity index is 1.52. The Morgan fingerprint density at radius 1 is 1.16 bits per heavy atom. The van der Waals surface area contributed by atoms with E-state index in [-0.39, 0.29) is 5.91 Å². The number of ether oxygens (including phenoxy) is 1. The number of rotatable bonds is 7. The largest absolute Gasteiger partial charge is 0.497 e. The lowest BCUT2D eigenvalue weighted by Gasteiger charge is -2.33. The van der Waals surface area contributed by atoms with Gasteiger partial charge in [0.2, 0.25) is 0 Å². The Bertz CT molecular complexity index is 1080. The van der Waals surface area contributed by atoms with E-state index in [0.29, 0.717) is 18.2 Å². The molecule has 4 rings (SSSR count). The molecule has 0 bridgehead atoms.